The number of likely N-dealkylation sites (tertiary alicyclic amines) is 1. The number of amides is 1. The third-order valence-electron chi connectivity index (χ3n) is 3.33. The molecule has 0 aromatic heterocycles. The number of methoxy groups -OCH3 is 2. The number of carbonyl (C=O) groups is 1. The van der Waals surface area contributed by atoms with Crippen molar-refractivity contribution < 1.29 is 22.7 Å². The molecule has 1 aromatic rings. The smallest absolute Gasteiger partial charge is 0.241 e. The second-order valence-electron chi connectivity index (χ2n) is 4.81. The Morgan fingerprint density at radius 3 is 2.43 bits per heavy atom. The number of likely N-dealkylation sites (N-methyl/N-ethyl adjacent to an activating group) is 1. The van der Waals surface area contributed by atoms with Crippen molar-refractivity contribution in [3.05, 3.63) is 18.2 Å². The number of ether oxygens (including phenoxy) is 2. The topological polar surface area (TPSA) is 84.9 Å². The first-order chi connectivity index (χ1) is 9.87. The zero-order valence-corrected chi connectivity index (χ0v) is 12.9. The van der Waals surface area contributed by atoms with E-state index in [1.807, 2.05) is 0 Å². The molecule has 21 heavy (non-hydrogen) atoms. The van der Waals surface area contributed by atoms with Crippen LogP contribution in [0.25, 0.3) is 0 Å². The molecule has 1 unspecified atom stereocenters. The van der Waals surface area contributed by atoms with E-state index in [1.165, 1.54) is 37.3 Å². The summed E-state index contributed by atoms with van der Waals surface area (Å²) in [6, 6.07) is 3.94. The van der Waals surface area contributed by atoms with Crippen molar-refractivity contribution in [3.63, 3.8) is 0 Å². The van der Waals surface area contributed by atoms with Crippen LogP contribution in [0.3, 0.4) is 0 Å². The second-order valence-corrected chi connectivity index (χ2v) is 6.53. The van der Waals surface area contributed by atoms with E-state index in [9.17, 15) is 13.2 Å². The highest BCUT2D eigenvalue weighted by atomic mass is 32.2. The summed E-state index contributed by atoms with van der Waals surface area (Å²) in [5, 5.41) is 0. The van der Waals surface area contributed by atoms with Crippen LogP contribution in [0.1, 0.15) is 6.42 Å². The third kappa shape index (κ3) is 3.27. The van der Waals surface area contributed by atoms with E-state index in [-0.39, 0.29) is 17.2 Å². The first-order valence-electron chi connectivity index (χ1n) is 6.35. The number of nitrogens with one attached hydrogen (secondary N) is 1. The Kier molecular flexibility index (Phi) is 4.38. The van der Waals surface area contributed by atoms with Gasteiger partial charge >= 0.3 is 0 Å². The van der Waals surface area contributed by atoms with Gasteiger partial charge in [-0.05, 0) is 12.1 Å². The lowest BCUT2D eigenvalue weighted by molar-refractivity contribution is -0.126. The maximum atomic E-state index is 12.3. The van der Waals surface area contributed by atoms with Gasteiger partial charge in [0.2, 0.25) is 15.9 Å². The van der Waals surface area contributed by atoms with Crippen LogP contribution in [-0.4, -0.2) is 53.1 Å². The Hall–Kier alpha value is -1.80. The molecule has 1 heterocycles. The molecule has 1 atom stereocenters. The molecule has 116 valence electrons. The highest BCUT2D eigenvalue weighted by Gasteiger charge is 2.30. The lowest BCUT2D eigenvalue weighted by Gasteiger charge is -2.14. The Balaban J connectivity index is 2.22. The fourth-order valence-electron chi connectivity index (χ4n) is 2.21. The van der Waals surface area contributed by atoms with E-state index in [4.69, 9.17) is 9.47 Å². The Morgan fingerprint density at radius 1 is 1.24 bits per heavy atom. The summed E-state index contributed by atoms with van der Waals surface area (Å²) in [6.07, 6.45) is 0.170. The van der Waals surface area contributed by atoms with Crippen molar-refractivity contribution >= 4 is 15.9 Å². The van der Waals surface area contributed by atoms with Crippen molar-refractivity contribution in [3.8, 4) is 11.5 Å². The predicted molar refractivity (Wildman–Crippen MR) is 75.9 cm³/mol. The fraction of sp³-hybridized carbons (Fsp3) is 0.462. The fourth-order valence-corrected chi connectivity index (χ4v) is 3.46. The summed E-state index contributed by atoms with van der Waals surface area (Å²) >= 11 is 0. The van der Waals surface area contributed by atoms with E-state index < -0.39 is 16.1 Å². The van der Waals surface area contributed by atoms with Crippen molar-refractivity contribution in [2.24, 2.45) is 0 Å². The molecule has 0 spiro atoms. The molecule has 0 bridgehead atoms. The van der Waals surface area contributed by atoms with Crippen LogP contribution in [0.4, 0.5) is 0 Å². The van der Waals surface area contributed by atoms with Gasteiger partial charge in [-0.2, -0.15) is 0 Å². The molecule has 2 rings (SSSR count). The molecular formula is C13H18N2O5S. The second kappa shape index (κ2) is 5.90. The number of nitrogens with zero attached hydrogens (tertiary/aromatic N) is 1. The highest BCUT2D eigenvalue weighted by molar-refractivity contribution is 7.89. The minimum absolute atomic E-state index is 0.0714. The van der Waals surface area contributed by atoms with Crippen LogP contribution in [0.2, 0.25) is 0 Å². The average molecular weight is 314 g/mol. The van der Waals surface area contributed by atoms with Gasteiger partial charge in [-0.3, -0.25) is 4.79 Å². The summed E-state index contributed by atoms with van der Waals surface area (Å²) in [6.45, 7) is 0.366. The van der Waals surface area contributed by atoms with Gasteiger partial charge in [0, 0.05) is 32.1 Å². The zero-order chi connectivity index (χ0) is 15.6. The van der Waals surface area contributed by atoms with Crippen molar-refractivity contribution in [2.45, 2.75) is 17.4 Å². The molecule has 1 fully saturated rings. The molecule has 8 heteroatoms. The molecule has 1 N–H and O–H groups in total. The van der Waals surface area contributed by atoms with Gasteiger partial charge in [0.25, 0.3) is 0 Å². The quantitative estimate of drug-likeness (QED) is 0.840. The van der Waals surface area contributed by atoms with Crippen LogP contribution in [-0.2, 0) is 14.8 Å². The van der Waals surface area contributed by atoms with Crippen LogP contribution < -0.4 is 14.2 Å². The minimum atomic E-state index is -3.71. The van der Waals surface area contributed by atoms with Crippen LogP contribution in [0.5, 0.6) is 11.5 Å². The Bertz CT molecular complexity index is 644. The van der Waals surface area contributed by atoms with Crippen molar-refractivity contribution in [2.75, 3.05) is 27.8 Å². The standard InChI is InChI=1S/C13H18N2O5S/c1-15-8-9(6-13(15)16)14-21(17,18)10-4-5-11(19-2)12(7-10)20-3/h4-5,7,9,14H,6,8H2,1-3H3. The molecule has 0 aliphatic carbocycles. The first kappa shape index (κ1) is 15.6. The molecule has 1 saturated heterocycles. The molecule has 7 nitrogen and oxygen atoms in total. The molecule has 1 aliphatic rings. The van der Waals surface area contributed by atoms with Crippen LogP contribution >= 0.6 is 0 Å². The molecular weight excluding hydrogens is 296 g/mol. The summed E-state index contributed by atoms with van der Waals surface area (Å²) in [5.41, 5.74) is 0. The lowest BCUT2D eigenvalue weighted by atomic mass is 10.3. The summed E-state index contributed by atoms with van der Waals surface area (Å²) in [5.74, 6) is 0.710. The van der Waals surface area contributed by atoms with Gasteiger partial charge in [0.05, 0.1) is 19.1 Å². The molecule has 1 aliphatic heterocycles. The maximum absolute atomic E-state index is 12.3. The number of rotatable bonds is 5. The van der Waals surface area contributed by atoms with E-state index >= 15 is 0 Å². The van der Waals surface area contributed by atoms with Crippen LogP contribution in [0, 0.1) is 0 Å². The number of benzene rings is 1. The molecule has 1 aromatic carbocycles. The van der Waals surface area contributed by atoms with Crippen LogP contribution in [0.15, 0.2) is 23.1 Å². The third-order valence-corrected chi connectivity index (χ3v) is 4.85. The summed E-state index contributed by atoms with van der Waals surface area (Å²) in [4.78, 5) is 13.0. The van der Waals surface area contributed by atoms with E-state index in [1.54, 1.807) is 7.05 Å². The maximum Gasteiger partial charge on any atom is 0.241 e. The van der Waals surface area contributed by atoms with E-state index in [0.717, 1.165) is 0 Å². The summed E-state index contributed by atoms with van der Waals surface area (Å²) < 4.78 is 37.4. The number of sulfonamides is 1. The average Bonchev–Trinajstić information content (AvgIpc) is 2.75. The zero-order valence-electron chi connectivity index (χ0n) is 12.1. The van der Waals surface area contributed by atoms with Gasteiger partial charge in [-0.25, -0.2) is 13.1 Å². The van der Waals surface area contributed by atoms with E-state index in [2.05, 4.69) is 4.72 Å². The molecule has 0 saturated carbocycles. The van der Waals surface area contributed by atoms with Gasteiger partial charge in [-0.15, -0.1) is 0 Å². The number of hydrogen-bond acceptors (Lipinski definition) is 5. The van der Waals surface area contributed by atoms with Gasteiger partial charge in [0.15, 0.2) is 11.5 Å². The van der Waals surface area contributed by atoms with Gasteiger partial charge in [-0.1, -0.05) is 0 Å². The monoisotopic (exact) mass is 314 g/mol. The van der Waals surface area contributed by atoms with E-state index in [0.29, 0.717) is 18.0 Å². The highest BCUT2D eigenvalue weighted by Crippen LogP contribution is 2.29. The Labute approximate surface area is 123 Å². The summed E-state index contributed by atoms with van der Waals surface area (Å²) in [7, 11) is 0.847. The lowest BCUT2D eigenvalue weighted by Crippen LogP contribution is -2.36. The SMILES string of the molecule is COc1ccc(S(=O)(=O)NC2CC(=O)N(C)C2)cc1OC. The van der Waals surface area contributed by atoms with Gasteiger partial charge in [0.1, 0.15) is 0 Å². The molecule has 0 radical (unpaired) electrons. The predicted octanol–water partition coefficient (Wildman–Crippen LogP) is 0.213. The Morgan fingerprint density at radius 2 is 1.90 bits per heavy atom. The van der Waals surface area contributed by atoms with Gasteiger partial charge < -0.3 is 14.4 Å². The number of hydrogen-bond donors (Lipinski definition) is 1. The molecule has 1 amide bonds. The number of carbonyl (C=O) groups excluding carboxylic acids is 1. The minimum Gasteiger partial charge on any atom is -0.493 e. The van der Waals surface area contributed by atoms with Crippen molar-refractivity contribution in [1.82, 2.24) is 9.62 Å². The van der Waals surface area contributed by atoms with Crippen molar-refractivity contribution in [1.29, 1.82) is 0 Å². The normalized spacial score (nSPS) is 18.9. The largest absolute Gasteiger partial charge is 0.493 e. The first-order valence-corrected chi connectivity index (χ1v) is 7.84.